The van der Waals surface area contributed by atoms with Gasteiger partial charge >= 0.3 is 0 Å². The van der Waals surface area contributed by atoms with E-state index < -0.39 is 0 Å². The van der Waals surface area contributed by atoms with E-state index in [4.69, 9.17) is 4.74 Å². The van der Waals surface area contributed by atoms with Crippen molar-refractivity contribution in [2.45, 2.75) is 51.4 Å². The van der Waals surface area contributed by atoms with Gasteiger partial charge < -0.3 is 9.94 Å². The summed E-state index contributed by atoms with van der Waals surface area (Å²) in [6, 6.07) is 6.23. The Morgan fingerprint density at radius 1 is 1.27 bits per heavy atom. The molecule has 0 aromatic heterocycles. The first-order chi connectivity index (χ1) is 10.7. The number of rotatable bonds is 1. The monoisotopic (exact) mass is 299 g/mol. The molecule has 0 heterocycles. The molecule has 1 aromatic carbocycles. The highest BCUT2D eigenvalue weighted by Crippen LogP contribution is 2.60. The molecule has 0 spiro atoms. The summed E-state index contributed by atoms with van der Waals surface area (Å²) < 4.78 is 5.43. The predicted molar refractivity (Wildman–Crippen MR) is 86.8 cm³/mol. The molecular formula is C19H25NO2. The molecule has 2 fully saturated rings. The topological polar surface area (TPSA) is 41.8 Å². The molecule has 3 aliphatic carbocycles. The average molecular weight is 299 g/mol. The maximum Gasteiger partial charge on any atom is 0.119 e. The lowest BCUT2D eigenvalue weighted by Crippen LogP contribution is -2.41. The van der Waals surface area contributed by atoms with Crippen LogP contribution in [-0.2, 0) is 0 Å². The zero-order valence-corrected chi connectivity index (χ0v) is 13.5. The smallest absolute Gasteiger partial charge is 0.119 e. The Kier molecular flexibility index (Phi) is 3.21. The minimum absolute atomic E-state index is 0.512. The Morgan fingerprint density at radius 2 is 2.14 bits per heavy atom. The van der Waals surface area contributed by atoms with E-state index in [2.05, 4.69) is 24.2 Å². The Hall–Kier alpha value is -1.51. The van der Waals surface area contributed by atoms with Gasteiger partial charge in [0.05, 0.1) is 12.8 Å². The zero-order valence-electron chi connectivity index (χ0n) is 13.5. The molecule has 3 heteroatoms. The molecule has 3 aliphatic rings. The summed E-state index contributed by atoms with van der Waals surface area (Å²) in [5, 5.41) is 13.2. The minimum atomic E-state index is 0.512. The van der Waals surface area contributed by atoms with Gasteiger partial charge in [-0.25, -0.2) is 0 Å². The average Bonchev–Trinajstić information content (AvgIpc) is 2.95. The fraction of sp³-hybridized carbons (Fsp3) is 0.632. The third-order valence-electron chi connectivity index (χ3n) is 6.74. The van der Waals surface area contributed by atoms with Crippen molar-refractivity contribution in [2.24, 2.45) is 22.4 Å². The van der Waals surface area contributed by atoms with Crippen LogP contribution in [0.3, 0.4) is 0 Å². The Balaban J connectivity index is 1.80. The largest absolute Gasteiger partial charge is 0.497 e. The normalized spacial score (nSPS) is 38.3. The number of benzene rings is 1. The van der Waals surface area contributed by atoms with Crippen LogP contribution in [0.2, 0.25) is 0 Å². The standard InChI is InChI=1S/C19H25NO2/c1-19-8-3-4-17(19)16-11-18(20-21)14-6-5-12(22-2)10-15(14)13(16)7-9-19/h5-6,10,13,16-17,21H,3-4,7-9,11H2,1-2H3/b20-18+/t13-,16-,17+,19+/m1/s1. The van der Waals surface area contributed by atoms with Crippen molar-refractivity contribution in [3.05, 3.63) is 29.3 Å². The second-order valence-electron chi connectivity index (χ2n) is 7.67. The molecule has 0 amide bonds. The summed E-state index contributed by atoms with van der Waals surface area (Å²) in [6.07, 6.45) is 7.60. The minimum Gasteiger partial charge on any atom is -0.497 e. The van der Waals surface area contributed by atoms with Crippen molar-refractivity contribution in [1.29, 1.82) is 0 Å². The van der Waals surface area contributed by atoms with Crippen LogP contribution >= 0.6 is 0 Å². The quantitative estimate of drug-likeness (QED) is 0.609. The van der Waals surface area contributed by atoms with Crippen LogP contribution in [0.5, 0.6) is 5.75 Å². The Morgan fingerprint density at radius 3 is 2.91 bits per heavy atom. The highest BCUT2D eigenvalue weighted by Gasteiger charge is 2.51. The van der Waals surface area contributed by atoms with E-state index in [1.54, 1.807) is 7.11 Å². The molecule has 118 valence electrons. The van der Waals surface area contributed by atoms with Crippen LogP contribution in [0.25, 0.3) is 0 Å². The van der Waals surface area contributed by atoms with Crippen LogP contribution in [0.15, 0.2) is 23.4 Å². The van der Waals surface area contributed by atoms with Gasteiger partial charge in [0.2, 0.25) is 0 Å². The molecular weight excluding hydrogens is 274 g/mol. The summed E-state index contributed by atoms with van der Waals surface area (Å²) in [6.45, 7) is 2.48. The fourth-order valence-electron chi connectivity index (χ4n) is 5.62. The van der Waals surface area contributed by atoms with E-state index in [0.29, 0.717) is 17.3 Å². The van der Waals surface area contributed by atoms with Crippen molar-refractivity contribution in [1.82, 2.24) is 0 Å². The van der Waals surface area contributed by atoms with E-state index in [9.17, 15) is 5.21 Å². The van der Waals surface area contributed by atoms with Crippen molar-refractivity contribution in [2.75, 3.05) is 7.11 Å². The number of hydrogen-bond acceptors (Lipinski definition) is 3. The van der Waals surface area contributed by atoms with E-state index in [0.717, 1.165) is 29.4 Å². The van der Waals surface area contributed by atoms with Gasteiger partial charge in [-0.3, -0.25) is 0 Å². The fourth-order valence-corrected chi connectivity index (χ4v) is 5.62. The molecule has 0 saturated heterocycles. The van der Waals surface area contributed by atoms with E-state index in [-0.39, 0.29) is 0 Å². The summed E-state index contributed by atoms with van der Waals surface area (Å²) in [5.41, 5.74) is 3.86. The number of methoxy groups -OCH3 is 1. The van der Waals surface area contributed by atoms with Gasteiger partial charge in [-0.2, -0.15) is 0 Å². The molecule has 3 nitrogen and oxygen atoms in total. The second kappa shape index (κ2) is 5.00. The van der Waals surface area contributed by atoms with Gasteiger partial charge in [0, 0.05) is 5.56 Å². The lowest BCUT2D eigenvalue weighted by atomic mass is 9.55. The number of oxime groups is 1. The molecule has 1 N–H and O–H groups in total. The molecule has 22 heavy (non-hydrogen) atoms. The number of ether oxygens (including phenoxy) is 1. The number of nitrogens with zero attached hydrogens (tertiary/aromatic N) is 1. The van der Waals surface area contributed by atoms with Crippen molar-refractivity contribution in [3.63, 3.8) is 0 Å². The summed E-state index contributed by atoms with van der Waals surface area (Å²) in [7, 11) is 1.72. The van der Waals surface area contributed by atoms with Gasteiger partial charge in [-0.05, 0) is 79.0 Å². The molecule has 4 rings (SSSR count). The summed E-state index contributed by atoms with van der Waals surface area (Å²) in [4.78, 5) is 0. The van der Waals surface area contributed by atoms with E-state index in [1.165, 1.54) is 37.7 Å². The van der Waals surface area contributed by atoms with Crippen LogP contribution in [0.4, 0.5) is 0 Å². The lowest BCUT2D eigenvalue weighted by molar-refractivity contribution is 0.0712. The summed E-state index contributed by atoms with van der Waals surface area (Å²) >= 11 is 0. The molecule has 0 radical (unpaired) electrons. The van der Waals surface area contributed by atoms with Crippen molar-refractivity contribution >= 4 is 5.71 Å². The second-order valence-corrected chi connectivity index (χ2v) is 7.67. The first kappa shape index (κ1) is 14.1. The maximum absolute atomic E-state index is 9.52. The third kappa shape index (κ3) is 1.90. The van der Waals surface area contributed by atoms with Gasteiger partial charge in [0.25, 0.3) is 0 Å². The molecule has 2 saturated carbocycles. The Bertz CT molecular complexity index is 624. The number of fused-ring (bicyclic) bond motifs is 5. The first-order valence-corrected chi connectivity index (χ1v) is 8.55. The SMILES string of the molecule is COc1ccc2c(c1)[C@H]1CC[C@]3(C)CCC[C@H]3[C@@H]1C/C2=N\O. The maximum atomic E-state index is 9.52. The van der Waals surface area contributed by atoms with Crippen LogP contribution < -0.4 is 4.74 Å². The van der Waals surface area contributed by atoms with Crippen LogP contribution in [0, 0.1) is 17.3 Å². The molecule has 0 bridgehead atoms. The van der Waals surface area contributed by atoms with Gasteiger partial charge in [-0.1, -0.05) is 18.5 Å². The molecule has 4 atom stereocenters. The van der Waals surface area contributed by atoms with Gasteiger partial charge in [0.1, 0.15) is 5.75 Å². The van der Waals surface area contributed by atoms with E-state index >= 15 is 0 Å². The van der Waals surface area contributed by atoms with E-state index in [1.807, 2.05) is 6.07 Å². The van der Waals surface area contributed by atoms with Crippen molar-refractivity contribution < 1.29 is 9.94 Å². The molecule has 0 unspecified atom stereocenters. The highest BCUT2D eigenvalue weighted by molar-refractivity contribution is 6.03. The van der Waals surface area contributed by atoms with Crippen LogP contribution in [0.1, 0.15) is 62.5 Å². The Labute approximate surface area is 132 Å². The molecule has 0 aliphatic heterocycles. The summed E-state index contributed by atoms with van der Waals surface area (Å²) in [5.74, 6) is 2.93. The number of hydrogen-bond donors (Lipinski definition) is 1. The predicted octanol–water partition coefficient (Wildman–Crippen LogP) is 4.58. The molecule has 1 aromatic rings. The highest BCUT2D eigenvalue weighted by atomic mass is 16.5. The zero-order chi connectivity index (χ0) is 15.3. The first-order valence-electron chi connectivity index (χ1n) is 8.55. The lowest BCUT2D eigenvalue weighted by Gasteiger charge is -2.49. The van der Waals surface area contributed by atoms with Crippen molar-refractivity contribution in [3.8, 4) is 5.75 Å². The van der Waals surface area contributed by atoms with Gasteiger partial charge in [0.15, 0.2) is 0 Å². The third-order valence-corrected chi connectivity index (χ3v) is 6.74. The van der Waals surface area contributed by atoms with Gasteiger partial charge in [-0.15, -0.1) is 0 Å². The van der Waals surface area contributed by atoms with Crippen LogP contribution in [-0.4, -0.2) is 18.0 Å².